The van der Waals surface area contributed by atoms with Gasteiger partial charge in [0.15, 0.2) is 5.96 Å². The predicted octanol–water partition coefficient (Wildman–Crippen LogP) is -1.53. The first-order valence-corrected chi connectivity index (χ1v) is 6.41. The van der Waals surface area contributed by atoms with Crippen molar-refractivity contribution in [2.75, 3.05) is 19.6 Å². The number of guanidine groups is 1. The lowest BCUT2D eigenvalue weighted by atomic mass is 9.98. The molecule has 1 rings (SSSR count). The fraction of sp³-hybridized carbons (Fsp3) is 0.583. The summed E-state index contributed by atoms with van der Waals surface area (Å²) in [5.41, 5.74) is 16.1. The SMILES string of the molecule is NC(N)=NC/C=C/[C@@H](N)C(=O)N1CCC[C@H](C(=O)O)C1. The molecule has 0 aromatic rings. The van der Waals surface area contributed by atoms with Crippen LogP contribution >= 0.6 is 0 Å². The van der Waals surface area contributed by atoms with Gasteiger partial charge < -0.3 is 27.2 Å². The number of carbonyl (C=O) groups is 2. The van der Waals surface area contributed by atoms with E-state index in [9.17, 15) is 9.59 Å². The van der Waals surface area contributed by atoms with E-state index in [0.717, 1.165) is 0 Å². The number of aliphatic carboxylic acids is 1. The molecule has 1 aliphatic rings. The van der Waals surface area contributed by atoms with E-state index in [-0.39, 0.29) is 25.0 Å². The Morgan fingerprint density at radius 1 is 1.45 bits per heavy atom. The molecule has 1 aliphatic heterocycles. The van der Waals surface area contributed by atoms with Gasteiger partial charge in [-0.3, -0.25) is 9.59 Å². The van der Waals surface area contributed by atoms with Crippen LogP contribution in [0.5, 0.6) is 0 Å². The lowest BCUT2D eigenvalue weighted by molar-refractivity contribution is -0.145. The third-order valence-electron chi connectivity index (χ3n) is 3.09. The number of hydrogen-bond donors (Lipinski definition) is 4. The number of hydrogen-bond acceptors (Lipinski definition) is 4. The molecule has 0 aromatic carbocycles. The first-order chi connectivity index (χ1) is 9.41. The van der Waals surface area contributed by atoms with Crippen molar-refractivity contribution in [1.29, 1.82) is 0 Å². The normalized spacial score (nSPS) is 20.6. The molecule has 1 amide bonds. The third kappa shape index (κ3) is 4.88. The highest BCUT2D eigenvalue weighted by Gasteiger charge is 2.29. The van der Waals surface area contributed by atoms with Crippen LogP contribution in [0.3, 0.4) is 0 Å². The van der Waals surface area contributed by atoms with Gasteiger partial charge in [-0.05, 0) is 12.8 Å². The molecule has 1 saturated heterocycles. The summed E-state index contributed by atoms with van der Waals surface area (Å²) in [4.78, 5) is 28.2. The van der Waals surface area contributed by atoms with Crippen LogP contribution < -0.4 is 17.2 Å². The minimum absolute atomic E-state index is 0.0325. The van der Waals surface area contributed by atoms with Gasteiger partial charge in [0, 0.05) is 13.1 Å². The molecule has 1 fully saturated rings. The molecule has 0 saturated carbocycles. The number of nitrogens with zero attached hydrogens (tertiary/aromatic N) is 2. The van der Waals surface area contributed by atoms with Crippen LogP contribution in [0.4, 0.5) is 0 Å². The first kappa shape index (κ1) is 16.0. The molecular formula is C12H21N5O3. The van der Waals surface area contributed by atoms with E-state index in [0.29, 0.717) is 19.4 Å². The summed E-state index contributed by atoms with van der Waals surface area (Å²) in [5.74, 6) is -1.70. The van der Waals surface area contributed by atoms with E-state index < -0.39 is 17.9 Å². The fourth-order valence-corrected chi connectivity index (χ4v) is 2.04. The minimum atomic E-state index is -0.876. The molecule has 0 radical (unpaired) electrons. The van der Waals surface area contributed by atoms with Crippen LogP contribution in [0.2, 0.25) is 0 Å². The number of aliphatic imine (C=N–C) groups is 1. The van der Waals surface area contributed by atoms with Crippen molar-refractivity contribution in [1.82, 2.24) is 4.90 Å². The summed E-state index contributed by atoms with van der Waals surface area (Å²) in [7, 11) is 0. The Hall–Kier alpha value is -2.09. The molecular weight excluding hydrogens is 262 g/mol. The summed E-state index contributed by atoms with van der Waals surface area (Å²) in [6.07, 6.45) is 4.38. The Kier molecular flexibility index (Phi) is 5.98. The van der Waals surface area contributed by atoms with Crippen molar-refractivity contribution in [3.8, 4) is 0 Å². The first-order valence-electron chi connectivity index (χ1n) is 6.41. The number of piperidine rings is 1. The summed E-state index contributed by atoms with van der Waals surface area (Å²) in [5, 5.41) is 8.98. The molecule has 0 unspecified atom stereocenters. The van der Waals surface area contributed by atoms with Crippen LogP contribution in [0.15, 0.2) is 17.1 Å². The highest BCUT2D eigenvalue weighted by atomic mass is 16.4. The second-order valence-corrected chi connectivity index (χ2v) is 4.68. The molecule has 7 N–H and O–H groups in total. The van der Waals surface area contributed by atoms with Crippen LogP contribution in [0.1, 0.15) is 12.8 Å². The number of carboxylic acids is 1. The van der Waals surface area contributed by atoms with Crippen LogP contribution in [-0.4, -0.2) is 53.5 Å². The van der Waals surface area contributed by atoms with Crippen molar-refractivity contribution >= 4 is 17.8 Å². The predicted molar refractivity (Wildman–Crippen MR) is 74.7 cm³/mol. The number of nitrogens with two attached hydrogens (primary N) is 3. The molecule has 112 valence electrons. The zero-order valence-electron chi connectivity index (χ0n) is 11.2. The van der Waals surface area contributed by atoms with Crippen molar-refractivity contribution < 1.29 is 14.7 Å². The number of amides is 1. The Balaban J connectivity index is 2.51. The second-order valence-electron chi connectivity index (χ2n) is 4.68. The number of carbonyl (C=O) groups excluding carboxylic acids is 1. The Bertz CT molecular complexity index is 417. The number of rotatable bonds is 5. The van der Waals surface area contributed by atoms with Gasteiger partial charge in [-0.1, -0.05) is 12.2 Å². The lowest BCUT2D eigenvalue weighted by Crippen LogP contribution is -2.48. The molecule has 8 nitrogen and oxygen atoms in total. The molecule has 8 heteroatoms. The second kappa shape index (κ2) is 7.49. The van der Waals surface area contributed by atoms with Gasteiger partial charge in [-0.2, -0.15) is 0 Å². The number of likely N-dealkylation sites (tertiary alicyclic amines) is 1. The van der Waals surface area contributed by atoms with Crippen molar-refractivity contribution in [2.24, 2.45) is 28.1 Å². The van der Waals surface area contributed by atoms with E-state index in [4.69, 9.17) is 22.3 Å². The van der Waals surface area contributed by atoms with Gasteiger partial charge >= 0.3 is 5.97 Å². The quantitative estimate of drug-likeness (QED) is 0.273. The third-order valence-corrected chi connectivity index (χ3v) is 3.09. The summed E-state index contributed by atoms with van der Waals surface area (Å²) in [6, 6.07) is -0.809. The van der Waals surface area contributed by atoms with Gasteiger partial charge in [0.1, 0.15) is 6.04 Å². The summed E-state index contributed by atoms with van der Waals surface area (Å²) < 4.78 is 0. The van der Waals surface area contributed by atoms with E-state index in [1.807, 2.05) is 0 Å². The fourth-order valence-electron chi connectivity index (χ4n) is 2.04. The Morgan fingerprint density at radius 2 is 2.15 bits per heavy atom. The van der Waals surface area contributed by atoms with Crippen molar-refractivity contribution in [2.45, 2.75) is 18.9 Å². The number of carboxylic acid groups (broad SMARTS) is 1. The topological polar surface area (TPSA) is 148 Å². The molecule has 1 heterocycles. The van der Waals surface area contributed by atoms with E-state index in [1.165, 1.54) is 11.0 Å². The highest BCUT2D eigenvalue weighted by Crippen LogP contribution is 2.17. The van der Waals surface area contributed by atoms with Gasteiger partial charge in [-0.15, -0.1) is 0 Å². The molecule has 0 aliphatic carbocycles. The zero-order chi connectivity index (χ0) is 15.1. The maximum Gasteiger partial charge on any atom is 0.308 e. The zero-order valence-corrected chi connectivity index (χ0v) is 11.2. The smallest absolute Gasteiger partial charge is 0.308 e. The minimum Gasteiger partial charge on any atom is -0.481 e. The summed E-state index contributed by atoms with van der Waals surface area (Å²) in [6.45, 7) is 1.00. The van der Waals surface area contributed by atoms with Gasteiger partial charge in [0.25, 0.3) is 0 Å². The summed E-state index contributed by atoms with van der Waals surface area (Å²) >= 11 is 0. The van der Waals surface area contributed by atoms with Crippen LogP contribution in [0.25, 0.3) is 0 Å². The Labute approximate surface area is 117 Å². The average Bonchev–Trinajstić information content (AvgIpc) is 2.42. The van der Waals surface area contributed by atoms with Crippen LogP contribution in [-0.2, 0) is 9.59 Å². The monoisotopic (exact) mass is 283 g/mol. The average molecular weight is 283 g/mol. The van der Waals surface area contributed by atoms with Crippen molar-refractivity contribution in [3.05, 3.63) is 12.2 Å². The highest BCUT2D eigenvalue weighted by molar-refractivity contribution is 5.84. The maximum atomic E-state index is 12.1. The largest absolute Gasteiger partial charge is 0.481 e. The molecule has 0 spiro atoms. The lowest BCUT2D eigenvalue weighted by Gasteiger charge is -2.31. The van der Waals surface area contributed by atoms with Gasteiger partial charge in [-0.25, -0.2) is 4.99 Å². The van der Waals surface area contributed by atoms with Gasteiger partial charge in [0.2, 0.25) is 5.91 Å². The van der Waals surface area contributed by atoms with E-state index in [2.05, 4.69) is 4.99 Å². The van der Waals surface area contributed by atoms with Crippen LogP contribution in [0, 0.1) is 5.92 Å². The molecule has 0 aromatic heterocycles. The van der Waals surface area contributed by atoms with Crippen molar-refractivity contribution in [3.63, 3.8) is 0 Å². The van der Waals surface area contributed by atoms with Gasteiger partial charge in [0.05, 0.1) is 12.5 Å². The maximum absolute atomic E-state index is 12.1. The van der Waals surface area contributed by atoms with E-state index in [1.54, 1.807) is 6.08 Å². The molecule has 0 bridgehead atoms. The standard InChI is InChI=1S/C12H21N5O3/c13-9(4-1-5-16-12(14)15)10(18)17-6-2-3-8(7-17)11(19)20/h1,4,8-9H,2-3,5-7,13H2,(H,19,20)(H4,14,15,16)/b4-1+/t8-,9+/m0/s1. The molecule has 2 atom stereocenters. The Morgan fingerprint density at radius 3 is 2.75 bits per heavy atom. The van der Waals surface area contributed by atoms with E-state index >= 15 is 0 Å². The molecule has 20 heavy (non-hydrogen) atoms.